The van der Waals surface area contributed by atoms with Crippen LogP contribution in [-0.4, -0.2) is 22.9 Å². The minimum atomic E-state index is 0.165. The van der Waals surface area contributed by atoms with Gasteiger partial charge in [-0.15, -0.1) is 0 Å². The van der Waals surface area contributed by atoms with Crippen molar-refractivity contribution in [2.45, 2.75) is 26.7 Å². The summed E-state index contributed by atoms with van der Waals surface area (Å²) in [6.45, 7) is 4.04. The second-order valence-corrected chi connectivity index (χ2v) is 3.83. The maximum atomic E-state index is 11.5. The number of aromatic nitrogens is 2. The Bertz CT molecular complexity index is 337. The van der Waals surface area contributed by atoms with E-state index in [1.807, 2.05) is 13.8 Å². The minimum absolute atomic E-state index is 0.165. The first-order valence-corrected chi connectivity index (χ1v) is 4.99. The average Bonchev–Trinajstić information content (AvgIpc) is 2.16. The molecule has 0 radical (unpaired) electrons. The Hall–Kier alpha value is -1.45. The lowest BCUT2D eigenvalue weighted by molar-refractivity contribution is -0.119. The van der Waals surface area contributed by atoms with Crippen LogP contribution in [0.25, 0.3) is 0 Å². The van der Waals surface area contributed by atoms with E-state index < -0.39 is 0 Å². The van der Waals surface area contributed by atoms with Gasteiger partial charge in [-0.3, -0.25) is 4.79 Å². The molecule has 0 aromatic carbocycles. The van der Waals surface area contributed by atoms with Crippen LogP contribution in [0.1, 0.15) is 26.1 Å². The Labute approximate surface area is 89.7 Å². The molecule has 1 heterocycles. The summed E-state index contributed by atoms with van der Waals surface area (Å²) in [7, 11) is 1.54. The van der Waals surface area contributed by atoms with Crippen molar-refractivity contribution in [3.05, 3.63) is 18.1 Å². The molecule has 1 aromatic heterocycles. The van der Waals surface area contributed by atoms with Crippen molar-refractivity contribution >= 4 is 5.78 Å². The quantitative estimate of drug-likeness (QED) is 0.738. The second kappa shape index (κ2) is 5.44. The third-order valence-electron chi connectivity index (χ3n) is 1.88. The molecule has 0 atom stereocenters. The Morgan fingerprint density at radius 3 is 2.87 bits per heavy atom. The average molecular weight is 208 g/mol. The summed E-state index contributed by atoms with van der Waals surface area (Å²) in [4.78, 5) is 19.6. The molecule has 0 N–H and O–H groups in total. The molecule has 82 valence electrons. The fourth-order valence-corrected chi connectivity index (χ4v) is 1.28. The SMILES string of the molecule is COc1ccnc(CC(=O)CC(C)C)n1. The van der Waals surface area contributed by atoms with E-state index in [0.717, 1.165) is 0 Å². The summed E-state index contributed by atoms with van der Waals surface area (Å²) in [6, 6.07) is 1.66. The smallest absolute Gasteiger partial charge is 0.216 e. The van der Waals surface area contributed by atoms with Crippen molar-refractivity contribution in [3.8, 4) is 5.88 Å². The summed E-state index contributed by atoms with van der Waals surface area (Å²) in [5.74, 6) is 1.57. The second-order valence-electron chi connectivity index (χ2n) is 3.83. The zero-order valence-electron chi connectivity index (χ0n) is 9.36. The van der Waals surface area contributed by atoms with Crippen LogP contribution in [0, 0.1) is 5.92 Å². The number of carbonyl (C=O) groups is 1. The number of hydrogen-bond acceptors (Lipinski definition) is 4. The molecule has 0 aliphatic heterocycles. The van der Waals surface area contributed by atoms with Crippen LogP contribution in [0.5, 0.6) is 5.88 Å². The van der Waals surface area contributed by atoms with Gasteiger partial charge in [-0.2, -0.15) is 4.98 Å². The number of methoxy groups -OCH3 is 1. The van der Waals surface area contributed by atoms with Gasteiger partial charge in [0.25, 0.3) is 0 Å². The van der Waals surface area contributed by atoms with Gasteiger partial charge in [-0.1, -0.05) is 13.8 Å². The standard InChI is InChI=1S/C11H16N2O2/c1-8(2)6-9(14)7-10-12-5-4-11(13-10)15-3/h4-5,8H,6-7H2,1-3H3. The monoisotopic (exact) mass is 208 g/mol. The van der Waals surface area contributed by atoms with E-state index in [9.17, 15) is 4.79 Å². The van der Waals surface area contributed by atoms with Gasteiger partial charge in [-0.05, 0) is 5.92 Å². The van der Waals surface area contributed by atoms with E-state index in [1.165, 1.54) is 0 Å². The van der Waals surface area contributed by atoms with Gasteiger partial charge in [0.2, 0.25) is 5.88 Å². The number of ether oxygens (including phenoxy) is 1. The molecule has 15 heavy (non-hydrogen) atoms. The summed E-state index contributed by atoms with van der Waals surface area (Å²) in [6.07, 6.45) is 2.46. The maximum absolute atomic E-state index is 11.5. The molecule has 4 nitrogen and oxygen atoms in total. The van der Waals surface area contributed by atoms with Gasteiger partial charge >= 0.3 is 0 Å². The minimum Gasteiger partial charge on any atom is -0.481 e. The topological polar surface area (TPSA) is 52.1 Å². The molecule has 1 rings (SSSR count). The van der Waals surface area contributed by atoms with Crippen LogP contribution in [-0.2, 0) is 11.2 Å². The number of ketones is 1. The summed E-state index contributed by atoms with van der Waals surface area (Å²) in [5.41, 5.74) is 0. The van der Waals surface area contributed by atoms with Crippen molar-refractivity contribution in [1.82, 2.24) is 9.97 Å². The molecule has 0 amide bonds. The van der Waals surface area contributed by atoms with Crippen LogP contribution < -0.4 is 4.74 Å². The summed E-state index contributed by atoms with van der Waals surface area (Å²) in [5, 5.41) is 0. The highest BCUT2D eigenvalue weighted by molar-refractivity contribution is 5.80. The Morgan fingerprint density at radius 2 is 2.27 bits per heavy atom. The molecular weight excluding hydrogens is 192 g/mol. The van der Waals surface area contributed by atoms with Gasteiger partial charge in [-0.25, -0.2) is 4.98 Å². The predicted octanol–water partition coefficient (Wildman–Crippen LogP) is 1.64. The van der Waals surface area contributed by atoms with Crippen molar-refractivity contribution in [2.24, 2.45) is 5.92 Å². The predicted molar refractivity (Wildman–Crippen MR) is 56.8 cm³/mol. The third-order valence-corrected chi connectivity index (χ3v) is 1.88. The molecule has 0 saturated heterocycles. The molecule has 0 spiro atoms. The molecule has 0 unspecified atom stereocenters. The normalized spacial score (nSPS) is 10.4. The zero-order valence-corrected chi connectivity index (χ0v) is 9.36. The van der Waals surface area contributed by atoms with Crippen molar-refractivity contribution < 1.29 is 9.53 Å². The van der Waals surface area contributed by atoms with Gasteiger partial charge < -0.3 is 4.74 Å². The van der Waals surface area contributed by atoms with E-state index >= 15 is 0 Å². The van der Waals surface area contributed by atoms with E-state index in [0.29, 0.717) is 24.0 Å². The summed E-state index contributed by atoms with van der Waals surface area (Å²) < 4.78 is 4.96. The molecule has 0 fully saturated rings. The number of nitrogens with zero attached hydrogens (tertiary/aromatic N) is 2. The summed E-state index contributed by atoms with van der Waals surface area (Å²) >= 11 is 0. The van der Waals surface area contributed by atoms with Crippen molar-refractivity contribution in [2.75, 3.05) is 7.11 Å². The zero-order chi connectivity index (χ0) is 11.3. The van der Waals surface area contributed by atoms with Crippen LogP contribution in [0.4, 0.5) is 0 Å². The highest BCUT2D eigenvalue weighted by Gasteiger charge is 2.08. The van der Waals surface area contributed by atoms with Crippen LogP contribution in [0.15, 0.2) is 12.3 Å². The van der Waals surface area contributed by atoms with Crippen molar-refractivity contribution in [3.63, 3.8) is 0 Å². The highest BCUT2D eigenvalue weighted by Crippen LogP contribution is 2.07. The van der Waals surface area contributed by atoms with Crippen molar-refractivity contribution in [1.29, 1.82) is 0 Å². The molecule has 0 aliphatic rings. The Balaban J connectivity index is 2.60. The van der Waals surface area contributed by atoms with Gasteiger partial charge in [0.15, 0.2) is 0 Å². The molecule has 1 aromatic rings. The molecular formula is C11H16N2O2. The number of carbonyl (C=O) groups excluding carboxylic acids is 1. The first-order chi connectivity index (χ1) is 7.11. The maximum Gasteiger partial charge on any atom is 0.216 e. The van der Waals surface area contributed by atoms with E-state index in [1.54, 1.807) is 19.4 Å². The fraction of sp³-hybridized carbons (Fsp3) is 0.545. The third kappa shape index (κ3) is 4.06. The lowest BCUT2D eigenvalue weighted by Gasteiger charge is -2.04. The van der Waals surface area contributed by atoms with Gasteiger partial charge in [0, 0.05) is 18.7 Å². The first-order valence-electron chi connectivity index (χ1n) is 4.99. The largest absolute Gasteiger partial charge is 0.481 e. The highest BCUT2D eigenvalue weighted by atomic mass is 16.5. The Kier molecular flexibility index (Phi) is 4.21. The van der Waals surface area contributed by atoms with Gasteiger partial charge in [0.1, 0.15) is 11.6 Å². The lowest BCUT2D eigenvalue weighted by atomic mass is 10.1. The van der Waals surface area contributed by atoms with Gasteiger partial charge in [0.05, 0.1) is 13.5 Å². The number of Topliss-reactive ketones (excluding diaryl/α,β-unsaturated/α-hetero) is 1. The molecule has 0 saturated carbocycles. The van der Waals surface area contributed by atoms with E-state index in [2.05, 4.69) is 9.97 Å². The first kappa shape index (κ1) is 11.6. The van der Waals surface area contributed by atoms with E-state index in [4.69, 9.17) is 4.74 Å². The van der Waals surface area contributed by atoms with Crippen LogP contribution >= 0.6 is 0 Å². The number of hydrogen-bond donors (Lipinski definition) is 0. The Morgan fingerprint density at radius 1 is 1.53 bits per heavy atom. The van der Waals surface area contributed by atoms with E-state index in [-0.39, 0.29) is 12.2 Å². The van der Waals surface area contributed by atoms with Crippen LogP contribution in [0.2, 0.25) is 0 Å². The molecule has 0 bridgehead atoms. The number of rotatable bonds is 5. The fourth-order valence-electron chi connectivity index (χ4n) is 1.28. The van der Waals surface area contributed by atoms with Crippen LogP contribution in [0.3, 0.4) is 0 Å². The molecule has 4 heteroatoms. The lowest BCUT2D eigenvalue weighted by Crippen LogP contribution is -2.09. The molecule has 0 aliphatic carbocycles.